The highest BCUT2D eigenvalue weighted by atomic mass is 35.5. The predicted molar refractivity (Wildman–Crippen MR) is 54.6 cm³/mol. The molecule has 0 radical (unpaired) electrons. The number of hydrogen-bond donors (Lipinski definition) is 1. The van der Waals surface area contributed by atoms with Gasteiger partial charge in [0.15, 0.2) is 0 Å². The van der Waals surface area contributed by atoms with E-state index < -0.39 is 0 Å². The zero-order valence-electron chi connectivity index (χ0n) is 7.00. The van der Waals surface area contributed by atoms with Crippen LogP contribution in [0.1, 0.15) is 5.56 Å². The molecule has 2 N–H and O–H groups in total. The Morgan fingerprint density at radius 1 is 1.38 bits per heavy atom. The summed E-state index contributed by atoms with van der Waals surface area (Å²) in [6.07, 6.45) is 1.64. The molecule has 0 fully saturated rings. The lowest BCUT2D eigenvalue weighted by Crippen LogP contribution is -1.97. The maximum absolute atomic E-state index is 5.82. The van der Waals surface area contributed by atoms with E-state index in [9.17, 15) is 0 Å². The maximum Gasteiger partial charge on any atom is 0.0747 e. The van der Waals surface area contributed by atoms with Crippen molar-refractivity contribution in [3.05, 3.63) is 41.0 Å². The lowest BCUT2D eigenvalue weighted by molar-refractivity contribution is 1.08. The fourth-order valence-electron chi connectivity index (χ4n) is 1.36. The lowest BCUT2D eigenvalue weighted by atomic mass is 10.1. The second-order valence-corrected chi connectivity index (χ2v) is 3.28. The van der Waals surface area contributed by atoms with E-state index >= 15 is 0 Å². The van der Waals surface area contributed by atoms with Crippen LogP contribution in [0.25, 0.3) is 10.9 Å². The first-order valence-electron chi connectivity index (χ1n) is 4.04. The van der Waals surface area contributed by atoms with E-state index in [2.05, 4.69) is 4.98 Å². The van der Waals surface area contributed by atoms with Gasteiger partial charge in [-0.05, 0) is 11.6 Å². The number of nitrogens with two attached hydrogens (primary N) is 1. The third kappa shape index (κ3) is 1.50. The molecule has 0 bridgehead atoms. The first-order chi connectivity index (χ1) is 6.31. The van der Waals surface area contributed by atoms with E-state index in [1.165, 1.54) is 0 Å². The van der Waals surface area contributed by atoms with Crippen LogP contribution in [-0.4, -0.2) is 4.98 Å². The van der Waals surface area contributed by atoms with Crippen molar-refractivity contribution in [2.45, 2.75) is 6.54 Å². The third-order valence-corrected chi connectivity index (χ3v) is 2.19. The number of rotatable bonds is 1. The monoisotopic (exact) mass is 192 g/mol. The molecule has 1 aromatic heterocycles. The third-order valence-electron chi connectivity index (χ3n) is 1.98. The minimum atomic E-state index is 0.506. The number of halogens is 1. The summed E-state index contributed by atoms with van der Waals surface area (Å²) in [5.74, 6) is 0. The topological polar surface area (TPSA) is 38.9 Å². The van der Waals surface area contributed by atoms with E-state index in [1.807, 2.05) is 24.3 Å². The van der Waals surface area contributed by atoms with Gasteiger partial charge in [-0.1, -0.05) is 29.8 Å². The molecule has 0 unspecified atom stereocenters. The molecule has 0 amide bonds. The average molecular weight is 193 g/mol. The maximum atomic E-state index is 5.82. The number of aromatic nitrogens is 1. The molecule has 0 aliphatic carbocycles. The molecule has 3 heteroatoms. The van der Waals surface area contributed by atoms with Crippen molar-refractivity contribution >= 4 is 22.5 Å². The second-order valence-electron chi connectivity index (χ2n) is 2.85. The summed E-state index contributed by atoms with van der Waals surface area (Å²) < 4.78 is 0. The van der Waals surface area contributed by atoms with Crippen molar-refractivity contribution in [2.75, 3.05) is 0 Å². The summed E-state index contributed by atoms with van der Waals surface area (Å²) >= 11 is 5.82. The molecule has 0 aliphatic heterocycles. The molecular weight excluding hydrogens is 184 g/mol. The van der Waals surface area contributed by atoms with Gasteiger partial charge in [0.05, 0.1) is 10.5 Å². The van der Waals surface area contributed by atoms with E-state index in [4.69, 9.17) is 17.3 Å². The van der Waals surface area contributed by atoms with Crippen molar-refractivity contribution in [3.8, 4) is 0 Å². The van der Waals surface area contributed by atoms with Gasteiger partial charge in [-0.15, -0.1) is 0 Å². The summed E-state index contributed by atoms with van der Waals surface area (Å²) in [7, 11) is 0. The van der Waals surface area contributed by atoms with Crippen LogP contribution in [0.15, 0.2) is 30.5 Å². The van der Waals surface area contributed by atoms with Gasteiger partial charge in [0.2, 0.25) is 0 Å². The van der Waals surface area contributed by atoms with E-state index in [0.29, 0.717) is 11.6 Å². The van der Waals surface area contributed by atoms with Gasteiger partial charge in [0.1, 0.15) is 0 Å². The average Bonchev–Trinajstić information content (AvgIpc) is 2.16. The van der Waals surface area contributed by atoms with Gasteiger partial charge in [-0.2, -0.15) is 0 Å². The standard InChI is InChI=1S/C10H9ClN2/c11-9-4-7-2-1-3-8(5-12)10(7)13-6-9/h1-4,6H,5,12H2. The molecule has 0 saturated carbocycles. The number of nitrogens with zero attached hydrogens (tertiary/aromatic N) is 1. The molecule has 2 nitrogen and oxygen atoms in total. The Labute approximate surface area is 81.3 Å². The number of hydrogen-bond acceptors (Lipinski definition) is 2. The summed E-state index contributed by atoms with van der Waals surface area (Å²) in [6, 6.07) is 7.81. The van der Waals surface area contributed by atoms with Gasteiger partial charge in [0.25, 0.3) is 0 Å². The minimum absolute atomic E-state index is 0.506. The number of pyridine rings is 1. The summed E-state index contributed by atoms with van der Waals surface area (Å²) in [6.45, 7) is 0.506. The number of para-hydroxylation sites is 1. The molecule has 0 atom stereocenters. The van der Waals surface area contributed by atoms with Crippen LogP contribution in [0.5, 0.6) is 0 Å². The van der Waals surface area contributed by atoms with Gasteiger partial charge in [-0.3, -0.25) is 4.98 Å². The Balaban J connectivity index is 2.77. The Kier molecular flexibility index (Phi) is 2.17. The molecule has 1 heterocycles. The smallest absolute Gasteiger partial charge is 0.0747 e. The molecule has 13 heavy (non-hydrogen) atoms. The molecule has 2 rings (SSSR count). The summed E-state index contributed by atoms with van der Waals surface area (Å²) in [5, 5.41) is 1.69. The van der Waals surface area contributed by atoms with Crippen molar-refractivity contribution in [3.63, 3.8) is 0 Å². The van der Waals surface area contributed by atoms with E-state index in [0.717, 1.165) is 16.5 Å². The second kappa shape index (κ2) is 3.32. The predicted octanol–water partition coefficient (Wildman–Crippen LogP) is 2.35. The Bertz CT molecular complexity index is 440. The zero-order valence-corrected chi connectivity index (χ0v) is 7.75. The highest BCUT2D eigenvalue weighted by Crippen LogP contribution is 2.19. The fourth-order valence-corrected chi connectivity index (χ4v) is 1.53. The normalized spacial score (nSPS) is 10.6. The van der Waals surface area contributed by atoms with Crippen LogP contribution in [-0.2, 0) is 6.54 Å². The van der Waals surface area contributed by atoms with Crippen molar-refractivity contribution in [1.82, 2.24) is 4.98 Å². The quantitative estimate of drug-likeness (QED) is 0.754. The Morgan fingerprint density at radius 2 is 2.23 bits per heavy atom. The molecular formula is C10H9ClN2. The molecule has 0 saturated heterocycles. The molecule has 2 aromatic rings. The first-order valence-corrected chi connectivity index (χ1v) is 4.42. The van der Waals surface area contributed by atoms with Gasteiger partial charge < -0.3 is 5.73 Å². The van der Waals surface area contributed by atoms with Crippen LogP contribution in [0.3, 0.4) is 0 Å². The summed E-state index contributed by atoms with van der Waals surface area (Å²) in [4.78, 5) is 4.24. The van der Waals surface area contributed by atoms with E-state index in [1.54, 1.807) is 6.20 Å². The van der Waals surface area contributed by atoms with Crippen LogP contribution in [0.2, 0.25) is 5.02 Å². The van der Waals surface area contributed by atoms with Crippen molar-refractivity contribution in [1.29, 1.82) is 0 Å². The number of fused-ring (bicyclic) bond motifs is 1. The van der Waals surface area contributed by atoms with Gasteiger partial charge in [-0.25, -0.2) is 0 Å². The highest BCUT2D eigenvalue weighted by Gasteiger charge is 2.00. The summed E-state index contributed by atoms with van der Waals surface area (Å²) in [5.41, 5.74) is 7.57. The molecule has 0 spiro atoms. The van der Waals surface area contributed by atoms with Crippen LogP contribution < -0.4 is 5.73 Å². The SMILES string of the molecule is NCc1cccc2cc(Cl)cnc12. The van der Waals surface area contributed by atoms with Crippen LogP contribution >= 0.6 is 11.6 Å². The van der Waals surface area contributed by atoms with E-state index in [-0.39, 0.29) is 0 Å². The Hall–Kier alpha value is -1.12. The fraction of sp³-hybridized carbons (Fsp3) is 0.100. The van der Waals surface area contributed by atoms with Crippen molar-refractivity contribution in [2.24, 2.45) is 5.73 Å². The molecule has 0 aliphatic rings. The highest BCUT2D eigenvalue weighted by molar-refractivity contribution is 6.31. The first kappa shape index (κ1) is 8.48. The van der Waals surface area contributed by atoms with Gasteiger partial charge in [0, 0.05) is 18.1 Å². The van der Waals surface area contributed by atoms with Crippen LogP contribution in [0.4, 0.5) is 0 Å². The van der Waals surface area contributed by atoms with Crippen molar-refractivity contribution < 1.29 is 0 Å². The Morgan fingerprint density at radius 3 is 3.00 bits per heavy atom. The largest absolute Gasteiger partial charge is 0.326 e. The number of benzene rings is 1. The lowest BCUT2D eigenvalue weighted by Gasteiger charge is -2.02. The molecule has 1 aromatic carbocycles. The van der Waals surface area contributed by atoms with Gasteiger partial charge >= 0.3 is 0 Å². The molecule has 66 valence electrons. The zero-order chi connectivity index (χ0) is 9.26. The minimum Gasteiger partial charge on any atom is -0.326 e. The van der Waals surface area contributed by atoms with Crippen LogP contribution in [0, 0.1) is 0 Å².